The molecule has 9 rings (SSSR count). The maximum Gasteiger partial charge on any atom is 0.151 e. The number of hydrogen-bond acceptors (Lipinski definition) is 6. The second-order valence-corrected chi connectivity index (χ2v) is 10.5. The van der Waals surface area contributed by atoms with Gasteiger partial charge in [-0.2, -0.15) is 0 Å². The van der Waals surface area contributed by atoms with Gasteiger partial charge in [-0.25, -0.2) is 0 Å². The van der Waals surface area contributed by atoms with E-state index in [1.807, 2.05) is 85.2 Å². The first-order valence-corrected chi connectivity index (χ1v) is 13.8. The van der Waals surface area contributed by atoms with Crippen molar-refractivity contribution in [2.24, 2.45) is 0 Å². The summed E-state index contributed by atoms with van der Waals surface area (Å²) < 4.78 is 12.4. The van der Waals surface area contributed by atoms with Crippen LogP contribution in [0.5, 0.6) is 23.0 Å². The molecule has 42 heavy (non-hydrogen) atoms. The minimum atomic E-state index is 0.797. The Balaban J connectivity index is 1.10. The number of nitrogens with one attached hydrogen (secondary N) is 2. The quantitative estimate of drug-likeness (QED) is 0.212. The Bertz CT molecular complexity index is 2070. The molecule has 0 aliphatic carbocycles. The lowest BCUT2D eigenvalue weighted by molar-refractivity contribution is 0.481. The van der Waals surface area contributed by atoms with Crippen molar-refractivity contribution in [1.29, 1.82) is 0 Å². The first-order chi connectivity index (χ1) is 20.8. The molecule has 0 bridgehead atoms. The smallest absolute Gasteiger partial charge is 0.151 e. The van der Waals surface area contributed by atoms with Crippen LogP contribution in [-0.4, -0.2) is 9.97 Å². The summed E-state index contributed by atoms with van der Waals surface area (Å²) in [6, 6.07) is 36.7. The van der Waals surface area contributed by atoms with Gasteiger partial charge in [0.1, 0.15) is 0 Å². The summed E-state index contributed by atoms with van der Waals surface area (Å²) in [6.45, 7) is 0. The van der Waals surface area contributed by atoms with Crippen molar-refractivity contribution >= 4 is 44.6 Å². The van der Waals surface area contributed by atoms with E-state index in [0.29, 0.717) is 0 Å². The van der Waals surface area contributed by atoms with Crippen molar-refractivity contribution in [3.63, 3.8) is 0 Å². The fraction of sp³-hybridized carbons (Fsp3) is 0. The maximum absolute atomic E-state index is 6.18. The highest BCUT2D eigenvalue weighted by Crippen LogP contribution is 2.48. The number of aromatic nitrogens is 2. The van der Waals surface area contributed by atoms with Gasteiger partial charge < -0.3 is 20.1 Å². The molecule has 0 radical (unpaired) electrons. The summed E-state index contributed by atoms with van der Waals surface area (Å²) in [5.74, 6) is 3.23. The van der Waals surface area contributed by atoms with E-state index in [1.54, 1.807) is 0 Å². The lowest BCUT2D eigenvalue weighted by Gasteiger charge is -2.24. The number of para-hydroxylation sites is 6. The first-order valence-electron chi connectivity index (χ1n) is 13.8. The summed E-state index contributed by atoms with van der Waals surface area (Å²) >= 11 is 0. The monoisotopic (exact) mass is 542 g/mol. The molecule has 7 aromatic rings. The number of benzene rings is 5. The van der Waals surface area contributed by atoms with Crippen LogP contribution in [0, 0.1) is 0 Å². The van der Waals surface area contributed by atoms with Gasteiger partial charge in [-0.05, 0) is 48.5 Å². The molecule has 6 nitrogen and oxygen atoms in total. The van der Waals surface area contributed by atoms with Crippen molar-refractivity contribution in [3.8, 4) is 45.3 Å². The van der Waals surface area contributed by atoms with Crippen LogP contribution in [-0.2, 0) is 0 Å². The van der Waals surface area contributed by atoms with E-state index >= 15 is 0 Å². The minimum Gasteiger partial charge on any atom is -0.453 e. The molecule has 0 spiro atoms. The zero-order valence-corrected chi connectivity index (χ0v) is 22.3. The second kappa shape index (κ2) is 8.81. The SMILES string of the molecule is c1ccc2c(c1)Nc1c(cccc1-c1cnc3c(ccc4cc(-c5cccc6c5Nc5ccccc5O6)cnc43)c1)O2. The highest BCUT2D eigenvalue weighted by molar-refractivity contribution is 6.05. The fourth-order valence-corrected chi connectivity index (χ4v) is 5.88. The Hall–Kier alpha value is -5.88. The molecule has 0 atom stereocenters. The lowest BCUT2D eigenvalue weighted by Crippen LogP contribution is -2.04. The van der Waals surface area contributed by atoms with E-state index < -0.39 is 0 Å². The van der Waals surface area contributed by atoms with Gasteiger partial charge in [0, 0.05) is 45.4 Å². The van der Waals surface area contributed by atoms with Gasteiger partial charge in [-0.3, -0.25) is 9.97 Å². The molecular weight excluding hydrogens is 520 g/mol. The van der Waals surface area contributed by atoms with E-state index in [-0.39, 0.29) is 0 Å². The normalized spacial score (nSPS) is 12.6. The highest BCUT2D eigenvalue weighted by Gasteiger charge is 2.22. The van der Waals surface area contributed by atoms with Crippen molar-refractivity contribution < 1.29 is 9.47 Å². The van der Waals surface area contributed by atoms with Crippen LogP contribution < -0.4 is 20.1 Å². The second-order valence-electron chi connectivity index (χ2n) is 10.5. The number of pyridine rings is 2. The third-order valence-corrected chi connectivity index (χ3v) is 7.91. The lowest BCUT2D eigenvalue weighted by atomic mass is 9.99. The van der Waals surface area contributed by atoms with Gasteiger partial charge in [0.2, 0.25) is 0 Å². The van der Waals surface area contributed by atoms with Gasteiger partial charge >= 0.3 is 0 Å². The molecular formula is C36H22N4O2. The van der Waals surface area contributed by atoms with Crippen LogP contribution in [0.15, 0.2) is 122 Å². The van der Waals surface area contributed by atoms with Gasteiger partial charge in [0.15, 0.2) is 23.0 Å². The Morgan fingerprint density at radius 2 is 0.905 bits per heavy atom. The van der Waals surface area contributed by atoms with E-state index in [4.69, 9.17) is 19.4 Å². The Morgan fingerprint density at radius 1 is 0.452 bits per heavy atom. The molecule has 4 heterocycles. The van der Waals surface area contributed by atoms with Crippen LogP contribution >= 0.6 is 0 Å². The summed E-state index contributed by atoms with van der Waals surface area (Å²) in [7, 11) is 0. The average Bonchev–Trinajstić information content (AvgIpc) is 3.05. The summed E-state index contributed by atoms with van der Waals surface area (Å²) in [6.07, 6.45) is 3.84. The Kier molecular flexibility index (Phi) is 4.80. The maximum atomic E-state index is 6.18. The van der Waals surface area contributed by atoms with Gasteiger partial charge in [-0.1, -0.05) is 60.7 Å². The van der Waals surface area contributed by atoms with E-state index in [1.165, 1.54) is 0 Å². The predicted octanol–water partition coefficient (Wildman–Crippen LogP) is 9.82. The molecule has 2 aromatic heterocycles. The molecule has 2 aliphatic rings. The molecule has 198 valence electrons. The predicted molar refractivity (Wildman–Crippen MR) is 168 cm³/mol. The molecule has 0 amide bonds. The van der Waals surface area contributed by atoms with Crippen LogP contribution in [0.3, 0.4) is 0 Å². The summed E-state index contributed by atoms with van der Waals surface area (Å²) in [5, 5.41) is 9.16. The Labute approximate surface area is 241 Å². The number of nitrogens with zero attached hydrogens (tertiary/aromatic N) is 2. The van der Waals surface area contributed by atoms with Crippen molar-refractivity contribution in [2.45, 2.75) is 0 Å². The van der Waals surface area contributed by atoms with E-state index in [0.717, 1.165) is 89.8 Å². The number of anilines is 4. The third kappa shape index (κ3) is 3.52. The highest BCUT2D eigenvalue weighted by atomic mass is 16.5. The third-order valence-electron chi connectivity index (χ3n) is 7.91. The standard InChI is InChI=1S/C36H22N4O2/c1-3-11-29-27(9-1)39-35-25(7-5-13-31(35)41-29)23-17-21-15-16-22-18-24(20-38-34(22)33(21)37-19-23)26-8-6-14-32-36(26)40-28-10-2-4-12-30(28)42-32/h1-20,39-40H. The van der Waals surface area contributed by atoms with Crippen LogP contribution in [0.4, 0.5) is 22.7 Å². The van der Waals surface area contributed by atoms with Gasteiger partial charge in [0.05, 0.1) is 33.8 Å². The summed E-state index contributed by atoms with van der Waals surface area (Å²) in [4.78, 5) is 9.83. The molecule has 5 aromatic carbocycles. The summed E-state index contributed by atoms with van der Waals surface area (Å²) in [5.41, 5.74) is 9.58. The van der Waals surface area contributed by atoms with Crippen LogP contribution in [0.2, 0.25) is 0 Å². The van der Waals surface area contributed by atoms with Crippen LogP contribution in [0.25, 0.3) is 44.1 Å². The zero-order valence-electron chi connectivity index (χ0n) is 22.3. The van der Waals surface area contributed by atoms with E-state index in [2.05, 4.69) is 47.0 Å². The molecule has 0 unspecified atom stereocenters. The zero-order chi connectivity index (χ0) is 27.6. The van der Waals surface area contributed by atoms with Gasteiger partial charge in [-0.15, -0.1) is 0 Å². The average molecular weight is 543 g/mol. The Morgan fingerprint density at radius 3 is 1.40 bits per heavy atom. The number of rotatable bonds is 2. The molecule has 6 heteroatoms. The molecule has 2 aliphatic heterocycles. The topological polar surface area (TPSA) is 68.3 Å². The molecule has 0 saturated carbocycles. The fourth-order valence-electron chi connectivity index (χ4n) is 5.88. The van der Waals surface area contributed by atoms with Gasteiger partial charge in [0.25, 0.3) is 0 Å². The molecule has 0 saturated heterocycles. The number of hydrogen-bond donors (Lipinski definition) is 2. The molecule has 0 fully saturated rings. The largest absolute Gasteiger partial charge is 0.453 e. The van der Waals surface area contributed by atoms with E-state index in [9.17, 15) is 0 Å². The van der Waals surface area contributed by atoms with Crippen LogP contribution in [0.1, 0.15) is 0 Å². The minimum absolute atomic E-state index is 0.797. The number of fused-ring (bicyclic) bond motifs is 7. The number of ether oxygens (including phenoxy) is 2. The molecule has 2 N–H and O–H groups in total. The van der Waals surface area contributed by atoms with Crippen molar-refractivity contribution in [1.82, 2.24) is 9.97 Å². The van der Waals surface area contributed by atoms with Crippen molar-refractivity contribution in [3.05, 3.63) is 122 Å². The van der Waals surface area contributed by atoms with Crippen molar-refractivity contribution in [2.75, 3.05) is 10.6 Å². The first kappa shape index (κ1) is 22.9.